The van der Waals surface area contributed by atoms with Gasteiger partial charge >= 0.3 is 0 Å². The average Bonchev–Trinajstić information content (AvgIpc) is 2.80. The van der Waals surface area contributed by atoms with Gasteiger partial charge in [0, 0.05) is 12.7 Å². The lowest BCUT2D eigenvalue weighted by molar-refractivity contribution is 0.0989. The largest absolute Gasteiger partial charge is 0.395 e. The standard InChI is InChI=1S/C14H17FN4O/c1-8(2)12-11(16)13(18-17-12)14(20)19(3)10-6-4-9(15)5-7-10/h4-8H,16H2,1-3H3,(H,17,18). The van der Waals surface area contributed by atoms with Gasteiger partial charge in [-0.2, -0.15) is 5.10 Å². The number of nitrogens with zero attached hydrogens (tertiary/aromatic N) is 2. The second-order valence-electron chi connectivity index (χ2n) is 4.89. The van der Waals surface area contributed by atoms with Crippen LogP contribution in [0, 0.1) is 5.82 Å². The van der Waals surface area contributed by atoms with Crippen LogP contribution in [0.1, 0.15) is 35.9 Å². The zero-order valence-electron chi connectivity index (χ0n) is 11.6. The smallest absolute Gasteiger partial charge is 0.280 e. The molecule has 6 heteroatoms. The summed E-state index contributed by atoms with van der Waals surface area (Å²) < 4.78 is 12.9. The van der Waals surface area contributed by atoms with Crippen molar-refractivity contribution in [2.24, 2.45) is 0 Å². The molecule has 0 unspecified atom stereocenters. The predicted molar refractivity (Wildman–Crippen MR) is 76.2 cm³/mol. The van der Waals surface area contributed by atoms with Gasteiger partial charge in [0.25, 0.3) is 5.91 Å². The Morgan fingerprint density at radius 2 is 1.95 bits per heavy atom. The summed E-state index contributed by atoms with van der Waals surface area (Å²) in [5.41, 5.74) is 7.80. The van der Waals surface area contributed by atoms with Crippen molar-refractivity contribution >= 4 is 17.3 Å². The van der Waals surface area contributed by atoms with E-state index in [0.717, 1.165) is 5.69 Å². The van der Waals surface area contributed by atoms with Gasteiger partial charge in [-0.05, 0) is 30.2 Å². The molecule has 0 spiro atoms. The lowest BCUT2D eigenvalue weighted by Gasteiger charge is -2.16. The number of aromatic nitrogens is 2. The molecular weight excluding hydrogens is 259 g/mol. The minimum absolute atomic E-state index is 0.153. The van der Waals surface area contributed by atoms with Crippen molar-refractivity contribution in [2.45, 2.75) is 19.8 Å². The summed E-state index contributed by atoms with van der Waals surface area (Å²) in [6, 6.07) is 5.65. The molecule has 1 amide bonds. The Morgan fingerprint density at radius 1 is 1.35 bits per heavy atom. The van der Waals surface area contributed by atoms with Gasteiger partial charge in [-0.1, -0.05) is 13.8 Å². The second kappa shape index (κ2) is 5.32. The molecule has 1 aromatic carbocycles. The van der Waals surface area contributed by atoms with Crippen LogP contribution >= 0.6 is 0 Å². The van der Waals surface area contributed by atoms with E-state index >= 15 is 0 Å². The van der Waals surface area contributed by atoms with Crippen molar-refractivity contribution in [3.8, 4) is 0 Å². The van der Waals surface area contributed by atoms with Crippen molar-refractivity contribution in [1.29, 1.82) is 0 Å². The Labute approximate surface area is 116 Å². The van der Waals surface area contributed by atoms with Gasteiger partial charge in [-0.15, -0.1) is 0 Å². The van der Waals surface area contributed by atoms with E-state index in [4.69, 9.17) is 5.73 Å². The van der Waals surface area contributed by atoms with Crippen LogP contribution in [-0.4, -0.2) is 23.2 Å². The Hall–Kier alpha value is -2.37. The fraction of sp³-hybridized carbons (Fsp3) is 0.286. The third-order valence-electron chi connectivity index (χ3n) is 3.13. The number of aromatic amines is 1. The van der Waals surface area contributed by atoms with E-state index < -0.39 is 0 Å². The SMILES string of the molecule is CC(C)c1[nH]nc(C(=O)N(C)c2ccc(F)cc2)c1N. The first-order valence-electron chi connectivity index (χ1n) is 6.29. The molecule has 20 heavy (non-hydrogen) atoms. The van der Waals surface area contributed by atoms with Crippen LogP contribution in [0.4, 0.5) is 15.8 Å². The highest BCUT2D eigenvalue weighted by molar-refractivity contribution is 6.07. The van der Waals surface area contributed by atoms with Crippen LogP contribution in [0.3, 0.4) is 0 Å². The van der Waals surface area contributed by atoms with Gasteiger partial charge in [-0.3, -0.25) is 9.89 Å². The maximum absolute atomic E-state index is 12.9. The van der Waals surface area contributed by atoms with E-state index in [-0.39, 0.29) is 23.3 Å². The minimum Gasteiger partial charge on any atom is -0.395 e. The number of hydrogen-bond acceptors (Lipinski definition) is 3. The van der Waals surface area contributed by atoms with E-state index in [2.05, 4.69) is 10.2 Å². The Balaban J connectivity index is 2.29. The van der Waals surface area contributed by atoms with Gasteiger partial charge < -0.3 is 10.6 Å². The molecule has 3 N–H and O–H groups in total. The molecule has 0 saturated heterocycles. The van der Waals surface area contributed by atoms with E-state index in [0.29, 0.717) is 11.4 Å². The van der Waals surface area contributed by atoms with Gasteiger partial charge in [0.15, 0.2) is 5.69 Å². The third kappa shape index (κ3) is 2.49. The molecule has 5 nitrogen and oxygen atoms in total. The Kier molecular flexibility index (Phi) is 3.74. The molecule has 0 saturated carbocycles. The number of nitrogens with two attached hydrogens (primary N) is 1. The number of amides is 1. The first-order chi connectivity index (χ1) is 9.41. The summed E-state index contributed by atoms with van der Waals surface area (Å²) in [5.74, 6) is -0.534. The molecule has 0 fully saturated rings. The van der Waals surface area contributed by atoms with E-state index in [1.807, 2.05) is 13.8 Å². The quantitative estimate of drug-likeness (QED) is 0.904. The van der Waals surface area contributed by atoms with Crippen molar-refractivity contribution in [3.63, 3.8) is 0 Å². The molecule has 0 aliphatic heterocycles. The maximum atomic E-state index is 12.9. The third-order valence-corrected chi connectivity index (χ3v) is 3.13. The molecule has 106 valence electrons. The van der Waals surface area contributed by atoms with Gasteiger partial charge in [-0.25, -0.2) is 4.39 Å². The summed E-state index contributed by atoms with van der Waals surface area (Å²) in [4.78, 5) is 13.7. The number of nitrogens with one attached hydrogen (secondary N) is 1. The van der Waals surface area contributed by atoms with E-state index in [9.17, 15) is 9.18 Å². The number of H-pyrrole nitrogens is 1. The van der Waals surface area contributed by atoms with Crippen molar-refractivity contribution in [3.05, 3.63) is 41.5 Å². The number of halogens is 1. The van der Waals surface area contributed by atoms with Crippen molar-refractivity contribution in [2.75, 3.05) is 17.7 Å². The first-order valence-corrected chi connectivity index (χ1v) is 6.29. The summed E-state index contributed by atoms with van der Waals surface area (Å²) in [6.45, 7) is 3.92. The molecule has 0 aliphatic rings. The summed E-state index contributed by atoms with van der Waals surface area (Å²) in [7, 11) is 1.60. The predicted octanol–water partition coefficient (Wildman–Crippen LogP) is 2.53. The zero-order valence-corrected chi connectivity index (χ0v) is 11.6. The molecule has 0 bridgehead atoms. The minimum atomic E-state index is -0.351. The summed E-state index contributed by atoms with van der Waals surface area (Å²) >= 11 is 0. The van der Waals surface area contributed by atoms with E-state index in [1.54, 1.807) is 7.05 Å². The molecule has 2 aromatic rings. The molecule has 0 atom stereocenters. The molecule has 2 rings (SSSR count). The van der Waals surface area contributed by atoms with Gasteiger partial charge in [0.05, 0.1) is 11.4 Å². The summed E-state index contributed by atoms with van der Waals surface area (Å²) in [5, 5.41) is 6.77. The number of carbonyl (C=O) groups excluding carboxylic acids is 1. The lowest BCUT2D eigenvalue weighted by Crippen LogP contribution is -2.27. The highest BCUT2D eigenvalue weighted by Crippen LogP contribution is 2.24. The van der Waals surface area contributed by atoms with E-state index in [1.165, 1.54) is 29.2 Å². The number of benzene rings is 1. The Morgan fingerprint density at radius 3 is 2.45 bits per heavy atom. The van der Waals surface area contributed by atoms with Crippen molar-refractivity contribution < 1.29 is 9.18 Å². The van der Waals surface area contributed by atoms with Gasteiger partial charge in [0.1, 0.15) is 5.82 Å². The molecule has 0 aliphatic carbocycles. The van der Waals surface area contributed by atoms with Crippen LogP contribution in [0.2, 0.25) is 0 Å². The number of carbonyl (C=O) groups is 1. The fourth-order valence-corrected chi connectivity index (χ4v) is 1.91. The van der Waals surface area contributed by atoms with Crippen LogP contribution in [0.15, 0.2) is 24.3 Å². The average molecular weight is 276 g/mol. The molecule has 1 heterocycles. The normalized spacial score (nSPS) is 10.8. The lowest BCUT2D eigenvalue weighted by atomic mass is 10.1. The highest BCUT2D eigenvalue weighted by atomic mass is 19.1. The Bertz CT molecular complexity index is 619. The molecular formula is C14H17FN4O. The number of rotatable bonds is 3. The van der Waals surface area contributed by atoms with Crippen LogP contribution in [0.25, 0.3) is 0 Å². The number of nitrogen functional groups attached to an aromatic ring is 1. The topological polar surface area (TPSA) is 75.0 Å². The monoisotopic (exact) mass is 276 g/mol. The first kappa shape index (κ1) is 14.0. The van der Waals surface area contributed by atoms with Crippen molar-refractivity contribution in [1.82, 2.24) is 10.2 Å². The second-order valence-corrected chi connectivity index (χ2v) is 4.89. The molecule has 1 aromatic heterocycles. The maximum Gasteiger partial charge on any atom is 0.280 e. The number of hydrogen-bond donors (Lipinski definition) is 2. The van der Waals surface area contributed by atoms with Crippen LogP contribution < -0.4 is 10.6 Å². The highest BCUT2D eigenvalue weighted by Gasteiger charge is 2.22. The van der Waals surface area contributed by atoms with Crippen LogP contribution in [-0.2, 0) is 0 Å². The zero-order chi connectivity index (χ0) is 14.9. The fourth-order valence-electron chi connectivity index (χ4n) is 1.91. The summed E-state index contributed by atoms with van der Waals surface area (Å²) in [6.07, 6.45) is 0. The molecule has 0 radical (unpaired) electrons. The van der Waals surface area contributed by atoms with Crippen LogP contribution in [0.5, 0.6) is 0 Å². The number of anilines is 2. The van der Waals surface area contributed by atoms with Gasteiger partial charge in [0.2, 0.25) is 0 Å².